The van der Waals surface area contributed by atoms with Gasteiger partial charge in [0.15, 0.2) is 11.5 Å². The molecule has 1 unspecified atom stereocenters. The molecule has 0 bridgehead atoms. The third kappa shape index (κ3) is 7.47. The number of hydrogen-bond donors (Lipinski definition) is 3. The van der Waals surface area contributed by atoms with Crippen molar-refractivity contribution in [3.8, 4) is 11.5 Å². The van der Waals surface area contributed by atoms with E-state index in [1.54, 1.807) is 18.2 Å². The summed E-state index contributed by atoms with van der Waals surface area (Å²) in [6.45, 7) is 7.85. The van der Waals surface area contributed by atoms with Crippen LogP contribution in [-0.2, 0) is 14.8 Å². The fraction of sp³-hybridized carbons (Fsp3) is 0.391. The van der Waals surface area contributed by atoms with Gasteiger partial charge >= 0.3 is 0 Å². The molecule has 0 aromatic heterocycles. The molecule has 33 heavy (non-hydrogen) atoms. The predicted molar refractivity (Wildman–Crippen MR) is 125 cm³/mol. The molecular weight excluding hydrogens is 446 g/mol. The van der Waals surface area contributed by atoms with Gasteiger partial charge in [0.25, 0.3) is 11.8 Å². The Balaban J connectivity index is 2.10. The minimum absolute atomic E-state index is 0.0209. The first-order chi connectivity index (χ1) is 15.6. The van der Waals surface area contributed by atoms with Gasteiger partial charge in [-0.15, -0.1) is 0 Å². The Labute approximate surface area is 194 Å². The van der Waals surface area contributed by atoms with Crippen LogP contribution in [0.25, 0.3) is 0 Å². The maximum Gasteiger partial charge on any atom is 0.269 e. The maximum atomic E-state index is 12.8. The van der Waals surface area contributed by atoms with Crippen molar-refractivity contribution < 1.29 is 27.5 Å². The van der Waals surface area contributed by atoms with Crippen molar-refractivity contribution >= 4 is 21.8 Å². The standard InChI is InChI=1S/C23H31N3O6S/c1-6-32-20-12-9-17(14-21(20)31-5)22(27)24-25-23(28)19(13-15(2)3)26-33(29,30)18-10-7-16(4)8-11-18/h7-12,14-15,19,26H,6,13H2,1-5H3,(H,24,27)(H,25,28). The number of aryl methyl sites for hydroxylation is 1. The maximum absolute atomic E-state index is 12.8. The summed E-state index contributed by atoms with van der Waals surface area (Å²) in [4.78, 5) is 25.3. The van der Waals surface area contributed by atoms with Crippen LogP contribution in [0.4, 0.5) is 0 Å². The van der Waals surface area contributed by atoms with E-state index in [0.29, 0.717) is 18.1 Å². The third-order valence-electron chi connectivity index (χ3n) is 4.68. The molecule has 2 aromatic carbocycles. The lowest BCUT2D eigenvalue weighted by Gasteiger charge is -2.20. The van der Waals surface area contributed by atoms with E-state index in [0.717, 1.165) is 5.56 Å². The van der Waals surface area contributed by atoms with Crippen molar-refractivity contribution in [1.29, 1.82) is 0 Å². The van der Waals surface area contributed by atoms with Crippen molar-refractivity contribution in [2.24, 2.45) is 5.92 Å². The number of rotatable bonds is 10. The van der Waals surface area contributed by atoms with Gasteiger partial charge < -0.3 is 9.47 Å². The number of nitrogens with one attached hydrogen (secondary N) is 3. The lowest BCUT2D eigenvalue weighted by Crippen LogP contribution is -2.52. The van der Waals surface area contributed by atoms with E-state index < -0.39 is 27.9 Å². The van der Waals surface area contributed by atoms with Crippen molar-refractivity contribution in [2.75, 3.05) is 13.7 Å². The van der Waals surface area contributed by atoms with Crippen LogP contribution in [0.1, 0.15) is 43.1 Å². The molecule has 0 radical (unpaired) electrons. The van der Waals surface area contributed by atoms with E-state index in [-0.39, 0.29) is 22.8 Å². The van der Waals surface area contributed by atoms with Gasteiger partial charge in [0.05, 0.1) is 18.6 Å². The number of benzene rings is 2. The molecule has 1 atom stereocenters. The van der Waals surface area contributed by atoms with E-state index >= 15 is 0 Å². The summed E-state index contributed by atoms with van der Waals surface area (Å²) in [5, 5.41) is 0. The van der Waals surface area contributed by atoms with Crippen LogP contribution in [0, 0.1) is 12.8 Å². The highest BCUT2D eigenvalue weighted by molar-refractivity contribution is 7.89. The zero-order valence-electron chi connectivity index (χ0n) is 19.5. The fourth-order valence-corrected chi connectivity index (χ4v) is 4.22. The largest absolute Gasteiger partial charge is 0.493 e. The lowest BCUT2D eigenvalue weighted by atomic mass is 10.0. The summed E-state index contributed by atoms with van der Waals surface area (Å²) in [6, 6.07) is 9.84. The fourth-order valence-electron chi connectivity index (χ4n) is 3.01. The van der Waals surface area contributed by atoms with Crippen LogP contribution in [0.15, 0.2) is 47.4 Å². The zero-order chi connectivity index (χ0) is 24.6. The number of methoxy groups -OCH3 is 1. The van der Waals surface area contributed by atoms with Crippen LogP contribution in [0.5, 0.6) is 11.5 Å². The molecule has 0 aliphatic heterocycles. The van der Waals surface area contributed by atoms with E-state index in [1.165, 1.54) is 31.4 Å². The Kier molecular flexibility index (Phi) is 9.24. The first-order valence-electron chi connectivity index (χ1n) is 10.6. The number of sulfonamides is 1. The van der Waals surface area contributed by atoms with E-state index in [9.17, 15) is 18.0 Å². The van der Waals surface area contributed by atoms with Gasteiger partial charge in [-0.25, -0.2) is 8.42 Å². The average Bonchev–Trinajstić information content (AvgIpc) is 2.77. The quantitative estimate of drug-likeness (QED) is 0.452. The number of hydrogen-bond acceptors (Lipinski definition) is 6. The molecule has 0 heterocycles. The number of carbonyl (C=O) groups is 2. The third-order valence-corrected chi connectivity index (χ3v) is 6.16. The molecular formula is C23H31N3O6S. The molecule has 180 valence electrons. The topological polar surface area (TPSA) is 123 Å². The van der Waals surface area contributed by atoms with Crippen LogP contribution in [0.2, 0.25) is 0 Å². The minimum atomic E-state index is -3.93. The molecule has 0 saturated heterocycles. The lowest BCUT2D eigenvalue weighted by molar-refractivity contribution is -0.123. The Morgan fingerprint density at radius 1 is 1.00 bits per heavy atom. The van der Waals surface area contributed by atoms with Crippen molar-refractivity contribution in [3.05, 3.63) is 53.6 Å². The normalized spacial score (nSPS) is 12.2. The number of carbonyl (C=O) groups excluding carboxylic acids is 2. The molecule has 3 N–H and O–H groups in total. The first kappa shape index (κ1) is 26.1. The van der Waals surface area contributed by atoms with Crippen molar-refractivity contribution in [1.82, 2.24) is 15.6 Å². The van der Waals surface area contributed by atoms with E-state index in [1.807, 2.05) is 27.7 Å². The zero-order valence-corrected chi connectivity index (χ0v) is 20.3. The van der Waals surface area contributed by atoms with Gasteiger partial charge in [-0.05, 0) is 56.5 Å². The number of amides is 2. The highest BCUT2D eigenvalue weighted by Crippen LogP contribution is 2.27. The second kappa shape index (κ2) is 11.7. The smallest absolute Gasteiger partial charge is 0.269 e. The van der Waals surface area contributed by atoms with Gasteiger partial charge in [0.1, 0.15) is 6.04 Å². The Bertz CT molecular complexity index is 1070. The first-order valence-corrected chi connectivity index (χ1v) is 12.1. The molecule has 2 aromatic rings. The van der Waals surface area contributed by atoms with Crippen LogP contribution in [0.3, 0.4) is 0 Å². The van der Waals surface area contributed by atoms with Gasteiger partial charge in [0.2, 0.25) is 10.0 Å². The summed E-state index contributed by atoms with van der Waals surface area (Å²) in [5.41, 5.74) is 5.78. The Morgan fingerprint density at radius 2 is 1.67 bits per heavy atom. The highest BCUT2D eigenvalue weighted by Gasteiger charge is 2.27. The molecule has 0 fully saturated rings. The minimum Gasteiger partial charge on any atom is -0.493 e. The predicted octanol–water partition coefficient (Wildman–Crippen LogP) is 2.56. The van der Waals surface area contributed by atoms with Crippen LogP contribution < -0.4 is 25.0 Å². The highest BCUT2D eigenvalue weighted by atomic mass is 32.2. The number of hydrazine groups is 1. The SMILES string of the molecule is CCOc1ccc(C(=O)NNC(=O)C(CC(C)C)NS(=O)(=O)c2ccc(C)cc2)cc1OC. The van der Waals surface area contributed by atoms with Crippen molar-refractivity contribution in [2.45, 2.75) is 45.1 Å². The molecule has 9 nitrogen and oxygen atoms in total. The van der Waals surface area contributed by atoms with E-state index in [2.05, 4.69) is 15.6 Å². The molecule has 0 aliphatic rings. The summed E-state index contributed by atoms with van der Waals surface area (Å²) in [5.74, 6) is -0.380. The summed E-state index contributed by atoms with van der Waals surface area (Å²) in [6.07, 6.45) is 0.240. The molecule has 0 saturated carbocycles. The monoisotopic (exact) mass is 477 g/mol. The van der Waals surface area contributed by atoms with Crippen LogP contribution in [-0.4, -0.2) is 40.0 Å². The van der Waals surface area contributed by atoms with Gasteiger partial charge in [-0.3, -0.25) is 20.4 Å². The Hall–Kier alpha value is -3.11. The van der Waals surface area contributed by atoms with Gasteiger partial charge in [0, 0.05) is 5.56 Å². The molecule has 0 spiro atoms. The number of ether oxygens (including phenoxy) is 2. The van der Waals surface area contributed by atoms with E-state index in [4.69, 9.17) is 9.47 Å². The van der Waals surface area contributed by atoms with Crippen LogP contribution >= 0.6 is 0 Å². The average molecular weight is 478 g/mol. The second-order valence-corrected chi connectivity index (χ2v) is 9.57. The summed E-state index contributed by atoms with van der Waals surface area (Å²) < 4.78 is 38.6. The summed E-state index contributed by atoms with van der Waals surface area (Å²) >= 11 is 0. The second-order valence-electron chi connectivity index (χ2n) is 7.86. The van der Waals surface area contributed by atoms with Gasteiger partial charge in [-0.2, -0.15) is 4.72 Å². The van der Waals surface area contributed by atoms with Gasteiger partial charge in [-0.1, -0.05) is 31.5 Å². The molecule has 0 aliphatic carbocycles. The molecule has 2 rings (SSSR count). The van der Waals surface area contributed by atoms with Crippen molar-refractivity contribution in [3.63, 3.8) is 0 Å². The Morgan fingerprint density at radius 3 is 2.24 bits per heavy atom. The summed E-state index contributed by atoms with van der Waals surface area (Å²) in [7, 11) is -2.47. The molecule has 2 amide bonds. The molecule has 10 heteroatoms.